The van der Waals surface area contributed by atoms with Crippen LogP contribution in [0.1, 0.15) is 15.9 Å². The third kappa shape index (κ3) is 1.29. The van der Waals surface area contributed by atoms with Crippen LogP contribution in [-0.2, 0) is 6.61 Å². The van der Waals surface area contributed by atoms with Crippen LogP contribution >= 0.6 is 11.3 Å². The normalized spacial score (nSPS) is 10.6. The fraction of sp³-hybridized carbons (Fsp3) is 0.100. The van der Waals surface area contributed by atoms with Crippen LogP contribution in [0, 0.1) is 0 Å². The van der Waals surface area contributed by atoms with Crippen LogP contribution in [0.15, 0.2) is 17.5 Å². The molecule has 14 heavy (non-hydrogen) atoms. The van der Waals surface area contributed by atoms with Crippen molar-refractivity contribution in [2.75, 3.05) is 0 Å². The lowest BCUT2D eigenvalue weighted by atomic mass is 10.1. The first-order chi connectivity index (χ1) is 6.76. The Balaban J connectivity index is 2.82. The molecule has 2 rings (SSSR count). The number of hydrogen-bond donors (Lipinski definition) is 2. The van der Waals surface area contributed by atoms with E-state index in [0.717, 1.165) is 4.70 Å². The third-order valence-corrected chi connectivity index (χ3v) is 3.12. The summed E-state index contributed by atoms with van der Waals surface area (Å²) in [6.45, 7) is -0.127. The van der Waals surface area contributed by atoms with Gasteiger partial charge in [-0.25, -0.2) is 0 Å². The topological polar surface area (TPSA) is 57.5 Å². The Kier molecular flexibility index (Phi) is 2.23. The van der Waals surface area contributed by atoms with Crippen molar-refractivity contribution in [2.24, 2.45) is 0 Å². The molecule has 2 N–H and O–H groups in total. The van der Waals surface area contributed by atoms with Crippen molar-refractivity contribution in [1.29, 1.82) is 0 Å². The lowest BCUT2D eigenvalue weighted by Gasteiger charge is -2.00. The minimum absolute atomic E-state index is 0.127. The molecule has 1 heterocycles. The quantitative estimate of drug-likeness (QED) is 0.741. The van der Waals surface area contributed by atoms with Crippen LogP contribution in [-0.4, -0.2) is 16.5 Å². The van der Waals surface area contributed by atoms with E-state index in [-0.39, 0.29) is 12.4 Å². The van der Waals surface area contributed by atoms with E-state index in [1.54, 1.807) is 17.5 Å². The zero-order valence-electron chi connectivity index (χ0n) is 7.23. The van der Waals surface area contributed by atoms with Gasteiger partial charge >= 0.3 is 0 Å². The second kappa shape index (κ2) is 3.40. The molecular formula is C10H8O3S. The maximum atomic E-state index is 10.6. The van der Waals surface area contributed by atoms with Crippen LogP contribution < -0.4 is 0 Å². The SMILES string of the molecule is O=Cc1cc(CO)c2scc(O)c2c1. The molecule has 0 spiro atoms. The highest BCUT2D eigenvalue weighted by atomic mass is 32.1. The smallest absolute Gasteiger partial charge is 0.150 e. The number of aromatic hydroxyl groups is 1. The van der Waals surface area contributed by atoms with Crippen molar-refractivity contribution in [1.82, 2.24) is 0 Å². The summed E-state index contributed by atoms with van der Waals surface area (Å²) in [4.78, 5) is 10.6. The molecule has 0 radical (unpaired) electrons. The van der Waals surface area contributed by atoms with Crippen molar-refractivity contribution in [3.63, 3.8) is 0 Å². The molecular weight excluding hydrogens is 200 g/mol. The van der Waals surface area contributed by atoms with Crippen molar-refractivity contribution in [2.45, 2.75) is 6.61 Å². The lowest BCUT2D eigenvalue weighted by Crippen LogP contribution is -1.87. The molecule has 0 fully saturated rings. The fourth-order valence-corrected chi connectivity index (χ4v) is 2.33. The summed E-state index contributed by atoms with van der Waals surface area (Å²) in [5.74, 6) is 0.156. The Bertz CT molecular complexity index is 487. The Morgan fingerprint density at radius 2 is 2.21 bits per heavy atom. The molecule has 0 saturated carbocycles. The van der Waals surface area contributed by atoms with Gasteiger partial charge in [0, 0.05) is 21.0 Å². The second-order valence-electron chi connectivity index (χ2n) is 2.95. The van der Waals surface area contributed by atoms with Crippen LogP contribution in [0.2, 0.25) is 0 Å². The van der Waals surface area contributed by atoms with Gasteiger partial charge in [0.05, 0.1) is 6.61 Å². The Morgan fingerprint density at radius 1 is 1.43 bits per heavy atom. The maximum Gasteiger partial charge on any atom is 0.150 e. The molecule has 0 bridgehead atoms. The molecule has 2 aromatic rings. The lowest BCUT2D eigenvalue weighted by molar-refractivity contribution is 0.112. The van der Waals surface area contributed by atoms with E-state index in [2.05, 4.69) is 0 Å². The fourth-order valence-electron chi connectivity index (χ4n) is 1.41. The van der Waals surface area contributed by atoms with Gasteiger partial charge in [-0.05, 0) is 17.7 Å². The van der Waals surface area contributed by atoms with Gasteiger partial charge in [0.25, 0.3) is 0 Å². The third-order valence-electron chi connectivity index (χ3n) is 2.06. The predicted octanol–water partition coefficient (Wildman–Crippen LogP) is 1.91. The van der Waals surface area contributed by atoms with Gasteiger partial charge in [-0.1, -0.05) is 0 Å². The summed E-state index contributed by atoms with van der Waals surface area (Å²) >= 11 is 1.36. The van der Waals surface area contributed by atoms with Crippen molar-refractivity contribution >= 4 is 27.7 Å². The van der Waals surface area contributed by atoms with E-state index < -0.39 is 0 Å². The van der Waals surface area contributed by atoms with Crippen LogP contribution in [0.4, 0.5) is 0 Å². The molecule has 0 amide bonds. The van der Waals surface area contributed by atoms with Crippen LogP contribution in [0.25, 0.3) is 10.1 Å². The van der Waals surface area contributed by atoms with Gasteiger partial charge in [0.1, 0.15) is 12.0 Å². The Morgan fingerprint density at radius 3 is 2.86 bits per heavy atom. The van der Waals surface area contributed by atoms with Gasteiger partial charge in [0.2, 0.25) is 0 Å². The van der Waals surface area contributed by atoms with Gasteiger partial charge in [-0.15, -0.1) is 11.3 Å². The minimum Gasteiger partial charge on any atom is -0.506 e. The number of rotatable bonds is 2. The molecule has 0 saturated heterocycles. The summed E-state index contributed by atoms with van der Waals surface area (Å²) in [7, 11) is 0. The number of carbonyl (C=O) groups excluding carboxylic acids is 1. The first-order valence-electron chi connectivity index (χ1n) is 4.05. The molecule has 4 heteroatoms. The van der Waals surface area contributed by atoms with Gasteiger partial charge in [-0.3, -0.25) is 4.79 Å². The second-order valence-corrected chi connectivity index (χ2v) is 3.83. The highest BCUT2D eigenvalue weighted by Gasteiger charge is 2.08. The molecule has 0 atom stereocenters. The zero-order valence-corrected chi connectivity index (χ0v) is 8.04. The highest BCUT2D eigenvalue weighted by Crippen LogP contribution is 2.34. The minimum atomic E-state index is -0.127. The summed E-state index contributed by atoms with van der Waals surface area (Å²) in [5.41, 5.74) is 1.14. The Hall–Kier alpha value is -1.39. The van der Waals surface area contributed by atoms with E-state index in [4.69, 9.17) is 5.11 Å². The first kappa shape index (κ1) is 9.18. The standard InChI is InChI=1S/C10H8O3S/c11-3-6-1-7(4-12)10-8(2-6)9(13)5-14-10/h1-3,5,12-13H,4H2. The van der Waals surface area contributed by atoms with Crippen molar-refractivity contribution in [3.05, 3.63) is 28.6 Å². The number of thiophene rings is 1. The molecule has 1 aromatic carbocycles. The van der Waals surface area contributed by atoms with E-state index in [1.807, 2.05) is 0 Å². The molecule has 0 aliphatic carbocycles. The molecule has 72 valence electrons. The number of benzene rings is 1. The number of aldehydes is 1. The van der Waals surface area contributed by atoms with E-state index in [1.165, 1.54) is 11.3 Å². The molecule has 3 nitrogen and oxygen atoms in total. The number of hydrogen-bond acceptors (Lipinski definition) is 4. The van der Waals surface area contributed by atoms with E-state index in [0.29, 0.717) is 22.8 Å². The van der Waals surface area contributed by atoms with Gasteiger partial charge < -0.3 is 10.2 Å². The summed E-state index contributed by atoms with van der Waals surface area (Å²) in [6, 6.07) is 3.25. The van der Waals surface area contributed by atoms with E-state index >= 15 is 0 Å². The summed E-state index contributed by atoms with van der Waals surface area (Å²) in [6.07, 6.45) is 0.704. The largest absolute Gasteiger partial charge is 0.506 e. The van der Waals surface area contributed by atoms with E-state index in [9.17, 15) is 9.90 Å². The molecule has 0 unspecified atom stereocenters. The number of aliphatic hydroxyl groups excluding tert-OH is 1. The van der Waals surface area contributed by atoms with Crippen molar-refractivity contribution in [3.8, 4) is 5.75 Å². The Labute approximate surface area is 84.2 Å². The first-order valence-corrected chi connectivity index (χ1v) is 4.93. The molecule has 0 aliphatic rings. The highest BCUT2D eigenvalue weighted by molar-refractivity contribution is 7.17. The van der Waals surface area contributed by atoms with Gasteiger partial charge in [0.15, 0.2) is 0 Å². The van der Waals surface area contributed by atoms with Gasteiger partial charge in [-0.2, -0.15) is 0 Å². The summed E-state index contributed by atoms with van der Waals surface area (Å²) in [5, 5.41) is 20.8. The number of aliphatic hydroxyl groups is 1. The van der Waals surface area contributed by atoms with Crippen LogP contribution in [0.5, 0.6) is 5.75 Å². The monoisotopic (exact) mass is 208 g/mol. The number of fused-ring (bicyclic) bond motifs is 1. The van der Waals surface area contributed by atoms with Crippen molar-refractivity contribution < 1.29 is 15.0 Å². The molecule has 1 aromatic heterocycles. The maximum absolute atomic E-state index is 10.6. The zero-order chi connectivity index (χ0) is 10.1. The average molecular weight is 208 g/mol. The summed E-state index contributed by atoms with van der Waals surface area (Å²) < 4.78 is 0.829. The molecule has 0 aliphatic heterocycles. The number of carbonyl (C=O) groups is 1. The van der Waals surface area contributed by atoms with Crippen LogP contribution in [0.3, 0.4) is 0 Å². The average Bonchev–Trinajstić information content (AvgIpc) is 2.59. The predicted molar refractivity (Wildman–Crippen MR) is 54.8 cm³/mol.